The second-order valence-corrected chi connectivity index (χ2v) is 6.86. The van der Waals surface area contributed by atoms with E-state index in [2.05, 4.69) is 58.9 Å². The minimum absolute atomic E-state index is 0.0129. The Morgan fingerprint density at radius 1 is 1.29 bits per heavy atom. The molecule has 0 aliphatic rings. The lowest BCUT2D eigenvalue weighted by Gasteiger charge is -2.21. The largest absolute Gasteiger partial charge is 0.372 e. The van der Waals surface area contributed by atoms with Gasteiger partial charge >= 0.3 is 0 Å². The Hall–Kier alpha value is -0.290. The van der Waals surface area contributed by atoms with E-state index in [-0.39, 0.29) is 5.41 Å². The van der Waals surface area contributed by atoms with Gasteiger partial charge in [-0.2, -0.15) is 11.8 Å². The number of halogens is 1. The molecule has 0 spiro atoms. The van der Waals surface area contributed by atoms with Crippen LogP contribution in [0.4, 0.5) is 5.82 Å². The number of nitrogens with zero attached hydrogens (tertiary/aromatic N) is 2. The first-order valence-electron chi connectivity index (χ1n) is 5.72. The summed E-state index contributed by atoms with van der Waals surface area (Å²) in [6.07, 6.45) is 0. The van der Waals surface area contributed by atoms with Gasteiger partial charge in [0, 0.05) is 12.5 Å². The van der Waals surface area contributed by atoms with E-state index in [4.69, 9.17) is 0 Å². The third-order valence-electron chi connectivity index (χ3n) is 2.28. The number of thioether (sulfide) groups is 1. The van der Waals surface area contributed by atoms with Crippen LogP contribution in [0, 0.1) is 0 Å². The fourth-order valence-corrected chi connectivity index (χ4v) is 2.90. The van der Waals surface area contributed by atoms with Gasteiger partial charge in [-0.05, 0) is 21.7 Å². The van der Waals surface area contributed by atoms with Gasteiger partial charge in [-0.15, -0.1) is 0 Å². The Morgan fingerprint density at radius 2 is 1.94 bits per heavy atom. The molecule has 0 radical (unpaired) electrons. The lowest BCUT2D eigenvalue weighted by Crippen LogP contribution is -2.17. The summed E-state index contributed by atoms with van der Waals surface area (Å²) in [6, 6.07) is 0. The zero-order chi connectivity index (χ0) is 13.1. The molecular weight excluding hydrogens is 298 g/mol. The van der Waals surface area contributed by atoms with E-state index in [1.54, 1.807) is 0 Å². The third kappa shape index (κ3) is 3.85. The van der Waals surface area contributed by atoms with E-state index < -0.39 is 0 Å². The summed E-state index contributed by atoms with van der Waals surface area (Å²) in [4.78, 5) is 9.18. The maximum Gasteiger partial charge on any atom is 0.144 e. The lowest BCUT2D eigenvalue weighted by molar-refractivity contribution is 0.560. The Bertz CT molecular complexity index is 388. The Labute approximate surface area is 116 Å². The summed E-state index contributed by atoms with van der Waals surface area (Å²) in [5.41, 5.74) is 1.07. The van der Waals surface area contributed by atoms with Crippen molar-refractivity contribution in [3.8, 4) is 0 Å². The zero-order valence-electron chi connectivity index (χ0n) is 11.1. The summed E-state index contributed by atoms with van der Waals surface area (Å²) in [5, 5.41) is 3.12. The number of hydrogen-bond acceptors (Lipinski definition) is 4. The Balaban J connectivity index is 3.19. The summed E-state index contributed by atoms with van der Waals surface area (Å²) in [6.45, 7) is 8.63. The van der Waals surface area contributed by atoms with Crippen molar-refractivity contribution in [2.45, 2.75) is 38.9 Å². The topological polar surface area (TPSA) is 37.8 Å². The lowest BCUT2D eigenvalue weighted by atomic mass is 9.92. The number of anilines is 1. The van der Waals surface area contributed by atoms with E-state index in [1.165, 1.54) is 0 Å². The Morgan fingerprint density at radius 3 is 2.41 bits per heavy atom. The van der Waals surface area contributed by atoms with Gasteiger partial charge in [-0.3, -0.25) is 0 Å². The molecule has 0 bridgehead atoms. The molecule has 17 heavy (non-hydrogen) atoms. The molecule has 0 fully saturated rings. The highest BCUT2D eigenvalue weighted by atomic mass is 79.9. The number of aromatic nitrogens is 2. The van der Waals surface area contributed by atoms with Crippen LogP contribution in [0.5, 0.6) is 0 Å². The van der Waals surface area contributed by atoms with Crippen molar-refractivity contribution in [1.29, 1.82) is 0 Å². The number of rotatable bonds is 4. The second-order valence-electron chi connectivity index (χ2n) is 4.79. The average molecular weight is 318 g/mol. The van der Waals surface area contributed by atoms with E-state index in [9.17, 15) is 0 Å². The molecular formula is C12H20BrN3S. The molecule has 1 N–H and O–H groups in total. The molecule has 0 aromatic carbocycles. The van der Waals surface area contributed by atoms with E-state index >= 15 is 0 Å². The van der Waals surface area contributed by atoms with Gasteiger partial charge in [-0.25, -0.2) is 9.97 Å². The SMILES string of the molecule is CCSCc1nc(NC)c(Br)c(C(C)(C)C)n1. The molecule has 1 heterocycles. The molecule has 96 valence electrons. The smallest absolute Gasteiger partial charge is 0.144 e. The number of nitrogens with one attached hydrogen (secondary N) is 1. The fraction of sp³-hybridized carbons (Fsp3) is 0.667. The minimum Gasteiger partial charge on any atom is -0.372 e. The second kappa shape index (κ2) is 6.05. The van der Waals surface area contributed by atoms with Crippen molar-refractivity contribution < 1.29 is 0 Å². The first-order chi connectivity index (χ1) is 7.90. The van der Waals surface area contributed by atoms with Gasteiger partial charge in [0.25, 0.3) is 0 Å². The summed E-state index contributed by atoms with van der Waals surface area (Å²) < 4.78 is 0.970. The highest BCUT2D eigenvalue weighted by Gasteiger charge is 2.22. The van der Waals surface area contributed by atoms with Crippen molar-refractivity contribution >= 4 is 33.5 Å². The van der Waals surface area contributed by atoms with Gasteiger partial charge in [0.1, 0.15) is 11.6 Å². The van der Waals surface area contributed by atoms with Crippen molar-refractivity contribution in [3.05, 3.63) is 16.0 Å². The highest BCUT2D eigenvalue weighted by Crippen LogP contribution is 2.32. The molecule has 0 saturated heterocycles. The molecule has 0 aliphatic carbocycles. The molecule has 0 saturated carbocycles. The molecule has 0 atom stereocenters. The van der Waals surface area contributed by atoms with Gasteiger partial charge in [-0.1, -0.05) is 27.7 Å². The predicted molar refractivity (Wildman–Crippen MR) is 79.8 cm³/mol. The maximum absolute atomic E-state index is 4.67. The van der Waals surface area contributed by atoms with Crippen molar-refractivity contribution in [2.75, 3.05) is 18.1 Å². The van der Waals surface area contributed by atoms with Crippen LogP contribution < -0.4 is 5.32 Å². The fourth-order valence-electron chi connectivity index (χ4n) is 1.41. The van der Waals surface area contributed by atoms with E-state index in [0.717, 1.165) is 33.3 Å². The molecule has 1 aromatic heterocycles. The zero-order valence-corrected chi connectivity index (χ0v) is 13.5. The van der Waals surface area contributed by atoms with Crippen LogP contribution in [0.25, 0.3) is 0 Å². The van der Waals surface area contributed by atoms with Crippen LogP contribution in [0.2, 0.25) is 0 Å². The monoisotopic (exact) mass is 317 g/mol. The van der Waals surface area contributed by atoms with Gasteiger partial charge in [0.2, 0.25) is 0 Å². The molecule has 0 unspecified atom stereocenters. The molecule has 3 nitrogen and oxygen atoms in total. The Kier molecular flexibility index (Phi) is 5.25. The van der Waals surface area contributed by atoms with E-state index in [0.29, 0.717) is 0 Å². The number of hydrogen-bond donors (Lipinski definition) is 1. The van der Waals surface area contributed by atoms with E-state index in [1.807, 2.05) is 18.8 Å². The van der Waals surface area contributed by atoms with Crippen LogP contribution >= 0.6 is 27.7 Å². The first-order valence-corrected chi connectivity index (χ1v) is 7.67. The summed E-state index contributed by atoms with van der Waals surface area (Å²) in [7, 11) is 1.89. The van der Waals surface area contributed by atoms with Crippen LogP contribution in [0.15, 0.2) is 4.47 Å². The predicted octanol–water partition coefficient (Wildman–Crippen LogP) is 3.83. The van der Waals surface area contributed by atoms with Crippen LogP contribution in [-0.2, 0) is 11.2 Å². The molecule has 1 aromatic rings. The third-order valence-corrected chi connectivity index (χ3v) is 3.90. The first kappa shape index (κ1) is 14.8. The van der Waals surface area contributed by atoms with Gasteiger partial charge in [0.05, 0.1) is 15.9 Å². The molecule has 1 rings (SSSR count). The molecule has 5 heteroatoms. The van der Waals surface area contributed by atoms with Crippen LogP contribution in [0.3, 0.4) is 0 Å². The van der Waals surface area contributed by atoms with Crippen LogP contribution in [-0.4, -0.2) is 22.8 Å². The van der Waals surface area contributed by atoms with Gasteiger partial charge in [0.15, 0.2) is 0 Å². The quantitative estimate of drug-likeness (QED) is 0.915. The van der Waals surface area contributed by atoms with Crippen molar-refractivity contribution in [1.82, 2.24) is 9.97 Å². The van der Waals surface area contributed by atoms with Crippen molar-refractivity contribution in [3.63, 3.8) is 0 Å². The van der Waals surface area contributed by atoms with Crippen LogP contribution in [0.1, 0.15) is 39.2 Å². The summed E-state index contributed by atoms with van der Waals surface area (Å²) >= 11 is 5.42. The standard InChI is InChI=1S/C12H20BrN3S/c1-6-17-7-8-15-10(12(2,3)4)9(13)11(14-5)16-8/h6-7H2,1-5H3,(H,14,15,16). The average Bonchev–Trinajstić information content (AvgIpc) is 2.26. The summed E-state index contributed by atoms with van der Waals surface area (Å²) in [5.74, 6) is 3.71. The van der Waals surface area contributed by atoms with Crippen molar-refractivity contribution in [2.24, 2.45) is 0 Å². The minimum atomic E-state index is 0.0129. The molecule has 0 amide bonds. The highest BCUT2D eigenvalue weighted by molar-refractivity contribution is 9.10. The maximum atomic E-state index is 4.67. The molecule has 0 aliphatic heterocycles. The van der Waals surface area contributed by atoms with Gasteiger partial charge < -0.3 is 5.32 Å². The normalized spacial score (nSPS) is 11.6.